The standard InChI is InChI=1S/C27H22Cl2N4O/c1-32-16-31-15-24(32)27(30,18-9-11-19(28)12-10-18)23-8-4-7-21-22(14-25(34)33(2)26(21)23)17-5-3-6-20(29)13-17/h3-16H,30H2,1-2H3. The number of para-hydroxylation sites is 1. The van der Waals surface area contributed by atoms with Crippen LogP contribution in [0.4, 0.5) is 0 Å². The van der Waals surface area contributed by atoms with Crippen molar-refractivity contribution in [2.45, 2.75) is 5.54 Å². The third kappa shape index (κ3) is 3.53. The number of halogens is 2. The minimum atomic E-state index is -1.10. The lowest BCUT2D eigenvalue weighted by molar-refractivity contribution is 0.597. The van der Waals surface area contributed by atoms with E-state index >= 15 is 0 Å². The number of aromatic nitrogens is 3. The topological polar surface area (TPSA) is 65.8 Å². The number of pyridine rings is 1. The molecule has 5 nitrogen and oxygen atoms in total. The molecule has 1 unspecified atom stereocenters. The molecule has 0 saturated heterocycles. The molecule has 170 valence electrons. The Labute approximate surface area is 207 Å². The van der Waals surface area contributed by atoms with E-state index in [2.05, 4.69) is 4.98 Å². The molecule has 3 aromatic carbocycles. The Balaban J connectivity index is 1.91. The summed E-state index contributed by atoms with van der Waals surface area (Å²) < 4.78 is 3.54. The highest BCUT2D eigenvalue weighted by atomic mass is 35.5. The van der Waals surface area contributed by atoms with Gasteiger partial charge in [0.25, 0.3) is 5.56 Å². The zero-order valence-electron chi connectivity index (χ0n) is 18.7. The largest absolute Gasteiger partial charge is 0.336 e. The second-order valence-electron chi connectivity index (χ2n) is 8.37. The van der Waals surface area contributed by atoms with Gasteiger partial charge in [-0.2, -0.15) is 0 Å². The van der Waals surface area contributed by atoms with E-state index in [0.29, 0.717) is 10.0 Å². The zero-order valence-corrected chi connectivity index (χ0v) is 20.2. The van der Waals surface area contributed by atoms with Crippen molar-refractivity contribution in [3.8, 4) is 11.1 Å². The van der Waals surface area contributed by atoms with E-state index in [9.17, 15) is 4.79 Å². The van der Waals surface area contributed by atoms with E-state index < -0.39 is 5.54 Å². The molecular formula is C27H22Cl2N4O. The van der Waals surface area contributed by atoms with Crippen LogP contribution < -0.4 is 11.3 Å². The van der Waals surface area contributed by atoms with Crippen LogP contribution in [0.2, 0.25) is 10.0 Å². The van der Waals surface area contributed by atoms with Gasteiger partial charge in [0, 0.05) is 41.2 Å². The van der Waals surface area contributed by atoms with Gasteiger partial charge in [0.05, 0.1) is 23.7 Å². The Hall–Kier alpha value is -3.38. The van der Waals surface area contributed by atoms with Crippen LogP contribution >= 0.6 is 23.2 Å². The maximum absolute atomic E-state index is 13.2. The first-order chi connectivity index (χ1) is 16.3. The van der Waals surface area contributed by atoms with E-state index in [0.717, 1.165) is 38.9 Å². The lowest BCUT2D eigenvalue weighted by Crippen LogP contribution is -2.41. The molecule has 2 N–H and O–H groups in total. The highest BCUT2D eigenvalue weighted by Gasteiger charge is 2.37. The van der Waals surface area contributed by atoms with Gasteiger partial charge in [0.15, 0.2) is 0 Å². The van der Waals surface area contributed by atoms with Gasteiger partial charge >= 0.3 is 0 Å². The van der Waals surface area contributed by atoms with E-state index in [1.807, 2.05) is 78.3 Å². The fraction of sp³-hybridized carbons (Fsp3) is 0.111. The Morgan fingerprint density at radius 1 is 0.912 bits per heavy atom. The Morgan fingerprint density at radius 3 is 2.32 bits per heavy atom. The van der Waals surface area contributed by atoms with Gasteiger partial charge in [-0.05, 0) is 41.0 Å². The number of aryl methyl sites for hydroxylation is 2. The van der Waals surface area contributed by atoms with Gasteiger partial charge in [-0.25, -0.2) is 4.98 Å². The predicted octanol–water partition coefficient (Wildman–Crippen LogP) is 5.50. The number of nitrogens with zero attached hydrogens (tertiary/aromatic N) is 3. The van der Waals surface area contributed by atoms with Crippen molar-refractivity contribution in [2.24, 2.45) is 19.8 Å². The normalized spacial score (nSPS) is 13.2. The number of rotatable bonds is 4. The Kier molecular flexibility index (Phi) is 5.56. The molecular weight excluding hydrogens is 467 g/mol. The maximum atomic E-state index is 13.2. The third-order valence-electron chi connectivity index (χ3n) is 6.34. The summed E-state index contributed by atoms with van der Waals surface area (Å²) in [5.74, 6) is 0. The summed E-state index contributed by atoms with van der Waals surface area (Å²) in [5.41, 5.74) is 10.9. The second-order valence-corrected chi connectivity index (χ2v) is 9.24. The smallest absolute Gasteiger partial charge is 0.251 e. The molecule has 0 spiro atoms. The van der Waals surface area contributed by atoms with Crippen LogP contribution in [-0.4, -0.2) is 14.1 Å². The molecule has 5 rings (SSSR count). The number of fused-ring (bicyclic) bond motifs is 1. The molecule has 2 aromatic heterocycles. The summed E-state index contributed by atoms with van der Waals surface area (Å²) in [7, 11) is 3.67. The van der Waals surface area contributed by atoms with E-state index in [4.69, 9.17) is 28.9 Å². The Morgan fingerprint density at radius 2 is 1.65 bits per heavy atom. The molecule has 5 aromatic rings. The summed E-state index contributed by atoms with van der Waals surface area (Å²) >= 11 is 12.5. The van der Waals surface area contributed by atoms with Crippen LogP contribution in [0, 0.1) is 0 Å². The molecule has 0 bridgehead atoms. The van der Waals surface area contributed by atoms with Crippen molar-refractivity contribution in [3.63, 3.8) is 0 Å². The van der Waals surface area contributed by atoms with Gasteiger partial charge in [-0.15, -0.1) is 0 Å². The average molecular weight is 489 g/mol. The Bertz CT molecular complexity index is 1590. The lowest BCUT2D eigenvalue weighted by Gasteiger charge is -2.33. The molecule has 0 aliphatic rings. The third-order valence-corrected chi connectivity index (χ3v) is 6.83. The second kappa shape index (κ2) is 8.44. The summed E-state index contributed by atoms with van der Waals surface area (Å²) in [6, 6.07) is 22.5. The molecule has 1 atom stereocenters. The summed E-state index contributed by atoms with van der Waals surface area (Å²) in [6.07, 6.45) is 3.47. The zero-order chi connectivity index (χ0) is 24.0. The molecule has 0 aliphatic heterocycles. The van der Waals surface area contributed by atoms with Gasteiger partial charge in [0.2, 0.25) is 0 Å². The first-order valence-electron chi connectivity index (χ1n) is 10.7. The molecule has 2 heterocycles. The van der Waals surface area contributed by atoms with Gasteiger partial charge in [0.1, 0.15) is 5.54 Å². The summed E-state index contributed by atoms with van der Waals surface area (Å²) in [5, 5.41) is 2.11. The van der Waals surface area contributed by atoms with Crippen LogP contribution in [0.5, 0.6) is 0 Å². The van der Waals surface area contributed by atoms with Gasteiger partial charge < -0.3 is 14.9 Å². The van der Waals surface area contributed by atoms with Gasteiger partial charge in [-0.3, -0.25) is 4.79 Å². The minimum absolute atomic E-state index is 0.140. The fourth-order valence-electron chi connectivity index (χ4n) is 4.63. The van der Waals surface area contributed by atoms with Crippen molar-refractivity contribution >= 4 is 34.1 Å². The molecule has 34 heavy (non-hydrogen) atoms. The van der Waals surface area contributed by atoms with E-state index in [1.54, 1.807) is 30.2 Å². The van der Waals surface area contributed by atoms with Crippen LogP contribution in [0.3, 0.4) is 0 Å². The van der Waals surface area contributed by atoms with Gasteiger partial charge in [-0.1, -0.05) is 65.7 Å². The minimum Gasteiger partial charge on any atom is -0.336 e. The van der Waals surface area contributed by atoms with Crippen LogP contribution in [0.15, 0.2) is 90.1 Å². The first kappa shape index (κ1) is 22.4. The highest BCUT2D eigenvalue weighted by molar-refractivity contribution is 6.31. The average Bonchev–Trinajstić information content (AvgIpc) is 3.27. The van der Waals surface area contributed by atoms with Crippen molar-refractivity contribution in [3.05, 3.63) is 123 Å². The number of hydrogen-bond donors (Lipinski definition) is 1. The molecule has 0 saturated carbocycles. The number of hydrogen-bond acceptors (Lipinski definition) is 3. The van der Waals surface area contributed by atoms with Crippen molar-refractivity contribution in [1.29, 1.82) is 0 Å². The van der Waals surface area contributed by atoms with Crippen LogP contribution in [0.25, 0.3) is 22.0 Å². The van der Waals surface area contributed by atoms with Crippen LogP contribution in [-0.2, 0) is 19.6 Å². The molecule has 0 amide bonds. The number of nitrogens with two attached hydrogens (primary N) is 1. The van der Waals surface area contributed by atoms with Crippen molar-refractivity contribution in [1.82, 2.24) is 14.1 Å². The van der Waals surface area contributed by atoms with E-state index in [-0.39, 0.29) is 5.56 Å². The molecule has 0 aliphatic carbocycles. The summed E-state index contributed by atoms with van der Waals surface area (Å²) in [6.45, 7) is 0. The lowest BCUT2D eigenvalue weighted by atomic mass is 9.79. The van der Waals surface area contributed by atoms with Crippen LogP contribution in [0.1, 0.15) is 16.8 Å². The first-order valence-corrected chi connectivity index (χ1v) is 11.5. The number of imidazole rings is 1. The highest BCUT2D eigenvalue weighted by Crippen LogP contribution is 2.40. The van der Waals surface area contributed by atoms with Crippen molar-refractivity contribution in [2.75, 3.05) is 0 Å². The monoisotopic (exact) mass is 488 g/mol. The molecule has 0 radical (unpaired) electrons. The maximum Gasteiger partial charge on any atom is 0.251 e. The van der Waals surface area contributed by atoms with Crippen molar-refractivity contribution < 1.29 is 0 Å². The predicted molar refractivity (Wildman–Crippen MR) is 138 cm³/mol. The quantitative estimate of drug-likeness (QED) is 0.363. The SMILES string of the molecule is Cn1cncc1C(N)(c1ccc(Cl)cc1)c1cccc2c(-c3cccc(Cl)c3)cc(=O)n(C)c12. The number of benzene rings is 3. The molecule has 7 heteroatoms. The fourth-order valence-corrected chi connectivity index (χ4v) is 4.95. The molecule has 0 fully saturated rings. The van der Waals surface area contributed by atoms with E-state index in [1.165, 1.54) is 0 Å². The summed E-state index contributed by atoms with van der Waals surface area (Å²) in [4.78, 5) is 17.5.